The third kappa shape index (κ3) is 8.77. The van der Waals surface area contributed by atoms with E-state index in [2.05, 4.69) is 17.2 Å². The van der Waals surface area contributed by atoms with E-state index < -0.39 is 17.2 Å². The van der Waals surface area contributed by atoms with Gasteiger partial charge in [-0.05, 0) is 51.5 Å². The second kappa shape index (κ2) is 10.8. The van der Waals surface area contributed by atoms with E-state index in [1.165, 1.54) is 0 Å². The number of carbonyl (C=O) groups is 1. The number of alkyl halides is 1. The van der Waals surface area contributed by atoms with Crippen LogP contribution in [-0.4, -0.2) is 53.5 Å². The Bertz CT molecular complexity index is 767. The number of carbonyl (C=O) groups excluding carboxylic acids is 1. The van der Waals surface area contributed by atoms with Gasteiger partial charge in [-0.2, -0.15) is 0 Å². The lowest BCUT2D eigenvalue weighted by Gasteiger charge is -2.40. The molecule has 1 atom stereocenters. The number of aliphatic imine (C=N–C) groups is 1. The molecule has 1 amide bonds. The Balaban J connectivity index is 1.93. The van der Waals surface area contributed by atoms with Crippen molar-refractivity contribution in [1.82, 2.24) is 10.2 Å². The van der Waals surface area contributed by atoms with E-state index in [1.807, 2.05) is 56.0 Å². The zero-order valence-electron chi connectivity index (χ0n) is 19.2. The molecule has 1 heterocycles. The highest BCUT2D eigenvalue weighted by molar-refractivity contribution is 6.37. The second-order valence-electron chi connectivity index (χ2n) is 9.28. The maximum atomic E-state index is 12.0. The summed E-state index contributed by atoms with van der Waals surface area (Å²) in [7, 11) is 0. The zero-order valence-corrected chi connectivity index (χ0v) is 20.0. The molecule has 1 aromatic carbocycles. The van der Waals surface area contributed by atoms with Crippen molar-refractivity contribution < 1.29 is 14.3 Å². The number of likely N-dealkylation sites (tertiary alicyclic amines) is 1. The minimum absolute atomic E-state index is 0.0202. The Morgan fingerprint density at radius 1 is 1.29 bits per heavy atom. The summed E-state index contributed by atoms with van der Waals surface area (Å²) >= 11 is 6.12. The Kier molecular flexibility index (Phi) is 8.74. The number of amides is 1. The SMILES string of the molecule is CC(Cl)N=C(C(=N)OCc1ccccc1)N1CCC(C)(CNC(=O)OC(C)(C)C)CC1. The van der Waals surface area contributed by atoms with Gasteiger partial charge >= 0.3 is 6.09 Å². The number of hydrogen-bond acceptors (Lipinski definition) is 5. The van der Waals surface area contributed by atoms with Gasteiger partial charge in [0.1, 0.15) is 17.7 Å². The van der Waals surface area contributed by atoms with Gasteiger partial charge < -0.3 is 19.7 Å². The highest BCUT2D eigenvalue weighted by Gasteiger charge is 2.33. The van der Waals surface area contributed by atoms with E-state index >= 15 is 0 Å². The maximum absolute atomic E-state index is 12.0. The van der Waals surface area contributed by atoms with Crippen LogP contribution < -0.4 is 5.32 Å². The summed E-state index contributed by atoms with van der Waals surface area (Å²) in [6, 6.07) is 9.74. The molecule has 2 rings (SSSR count). The number of alkyl carbamates (subject to hydrolysis) is 1. The molecule has 172 valence electrons. The minimum Gasteiger partial charge on any atom is -0.471 e. The third-order valence-corrected chi connectivity index (χ3v) is 5.16. The minimum atomic E-state index is -0.516. The largest absolute Gasteiger partial charge is 0.471 e. The number of benzene rings is 1. The average Bonchev–Trinajstić information content (AvgIpc) is 2.69. The summed E-state index contributed by atoms with van der Waals surface area (Å²) in [6.07, 6.45) is 1.28. The molecule has 0 saturated carbocycles. The van der Waals surface area contributed by atoms with Gasteiger partial charge in [-0.3, -0.25) is 5.41 Å². The molecular formula is C23H35ClN4O3. The van der Waals surface area contributed by atoms with E-state index in [1.54, 1.807) is 6.92 Å². The van der Waals surface area contributed by atoms with Crippen LogP contribution in [0.5, 0.6) is 0 Å². The number of nitrogens with one attached hydrogen (secondary N) is 2. The van der Waals surface area contributed by atoms with Crippen LogP contribution in [0.25, 0.3) is 0 Å². The van der Waals surface area contributed by atoms with Crippen molar-refractivity contribution in [2.75, 3.05) is 19.6 Å². The number of piperidine rings is 1. The van der Waals surface area contributed by atoms with Gasteiger partial charge in [0.05, 0.1) is 0 Å². The van der Waals surface area contributed by atoms with Gasteiger partial charge in [0.2, 0.25) is 5.90 Å². The van der Waals surface area contributed by atoms with Crippen molar-refractivity contribution in [1.29, 1.82) is 5.41 Å². The molecule has 1 aliphatic rings. The summed E-state index contributed by atoms with van der Waals surface area (Å²) < 4.78 is 11.0. The fraction of sp³-hybridized carbons (Fsp3) is 0.609. The lowest BCUT2D eigenvalue weighted by Crippen LogP contribution is -2.49. The fourth-order valence-electron chi connectivity index (χ4n) is 3.28. The quantitative estimate of drug-likeness (QED) is 0.292. The second-order valence-corrected chi connectivity index (χ2v) is 9.91. The first-order valence-electron chi connectivity index (χ1n) is 10.7. The monoisotopic (exact) mass is 450 g/mol. The highest BCUT2D eigenvalue weighted by Crippen LogP contribution is 2.30. The van der Waals surface area contributed by atoms with E-state index in [4.69, 9.17) is 26.5 Å². The number of amidine groups is 1. The van der Waals surface area contributed by atoms with Gasteiger partial charge in [-0.1, -0.05) is 48.9 Å². The van der Waals surface area contributed by atoms with Crippen molar-refractivity contribution >= 4 is 29.4 Å². The van der Waals surface area contributed by atoms with E-state index in [0.29, 0.717) is 32.1 Å². The lowest BCUT2D eigenvalue weighted by molar-refractivity contribution is 0.0483. The molecule has 7 nitrogen and oxygen atoms in total. The van der Waals surface area contributed by atoms with Gasteiger partial charge in [0.25, 0.3) is 0 Å². The molecule has 2 N–H and O–H groups in total. The Labute approximate surface area is 190 Å². The van der Waals surface area contributed by atoms with Crippen molar-refractivity contribution in [3.63, 3.8) is 0 Å². The Hall–Kier alpha value is -2.28. The van der Waals surface area contributed by atoms with Crippen molar-refractivity contribution in [3.8, 4) is 0 Å². The summed E-state index contributed by atoms with van der Waals surface area (Å²) in [5.41, 5.74) is -0.0428. The smallest absolute Gasteiger partial charge is 0.407 e. The molecule has 1 aliphatic heterocycles. The molecule has 1 saturated heterocycles. The summed E-state index contributed by atoms with van der Waals surface area (Å²) in [5.74, 6) is 0.493. The van der Waals surface area contributed by atoms with Crippen LogP contribution in [0.15, 0.2) is 35.3 Å². The zero-order chi connectivity index (χ0) is 23.1. The first-order chi connectivity index (χ1) is 14.5. The Morgan fingerprint density at radius 3 is 2.45 bits per heavy atom. The molecule has 1 fully saturated rings. The molecule has 0 aromatic heterocycles. The lowest BCUT2D eigenvalue weighted by atomic mass is 9.80. The summed E-state index contributed by atoms with van der Waals surface area (Å²) in [6.45, 7) is 11.7. The molecule has 0 spiro atoms. The van der Waals surface area contributed by atoms with Crippen LogP contribution in [0.4, 0.5) is 4.79 Å². The molecule has 0 aliphatic carbocycles. The first-order valence-corrected chi connectivity index (χ1v) is 11.1. The molecular weight excluding hydrogens is 416 g/mol. The van der Waals surface area contributed by atoms with Crippen LogP contribution in [0.3, 0.4) is 0 Å². The van der Waals surface area contributed by atoms with Crippen molar-refractivity contribution in [2.24, 2.45) is 10.4 Å². The van der Waals surface area contributed by atoms with E-state index in [-0.39, 0.29) is 11.3 Å². The molecule has 8 heteroatoms. The van der Waals surface area contributed by atoms with Crippen molar-refractivity contribution in [2.45, 2.75) is 65.2 Å². The van der Waals surface area contributed by atoms with Crippen LogP contribution in [0, 0.1) is 10.8 Å². The van der Waals surface area contributed by atoms with Crippen LogP contribution in [-0.2, 0) is 16.1 Å². The molecule has 31 heavy (non-hydrogen) atoms. The molecule has 1 aromatic rings. The van der Waals surface area contributed by atoms with Gasteiger partial charge in [-0.25, -0.2) is 9.79 Å². The standard InChI is InChI=1S/C23H35ClN4O3/c1-17(24)27-20(19(25)30-15-18-9-7-6-8-10-18)28-13-11-23(5,12-14-28)16-26-21(29)31-22(2,3)4/h6-10,17,25H,11-16H2,1-5H3,(H,26,29). The topological polar surface area (TPSA) is 87.0 Å². The van der Waals surface area contributed by atoms with Crippen molar-refractivity contribution in [3.05, 3.63) is 35.9 Å². The number of nitrogens with zero attached hydrogens (tertiary/aromatic N) is 2. The van der Waals surface area contributed by atoms with Crippen LogP contribution in [0.1, 0.15) is 53.0 Å². The summed E-state index contributed by atoms with van der Waals surface area (Å²) in [4.78, 5) is 18.5. The molecule has 0 radical (unpaired) electrons. The number of hydrogen-bond donors (Lipinski definition) is 2. The number of rotatable bonds is 5. The first kappa shape index (κ1) is 25.0. The predicted octanol–water partition coefficient (Wildman–Crippen LogP) is 4.79. The number of ether oxygens (including phenoxy) is 2. The van der Waals surface area contributed by atoms with Crippen LogP contribution in [0.2, 0.25) is 0 Å². The van der Waals surface area contributed by atoms with Gasteiger partial charge in [0.15, 0.2) is 5.84 Å². The normalized spacial score (nSPS) is 17.6. The van der Waals surface area contributed by atoms with E-state index in [0.717, 1.165) is 18.4 Å². The molecule has 1 unspecified atom stereocenters. The van der Waals surface area contributed by atoms with Crippen LogP contribution >= 0.6 is 11.6 Å². The summed E-state index contributed by atoms with van der Waals surface area (Å²) in [5, 5.41) is 11.3. The van der Waals surface area contributed by atoms with Gasteiger partial charge in [0, 0.05) is 19.6 Å². The fourth-order valence-corrected chi connectivity index (χ4v) is 3.37. The maximum Gasteiger partial charge on any atom is 0.407 e. The third-order valence-electron chi connectivity index (χ3n) is 5.06. The van der Waals surface area contributed by atoms with E-state index in [9.17, 15) is 4.79 Å². The molecule has 0 bridgehead atoms. The Morgan fingerprint density at radius 2 is 1.90 bits per heavy atom. The average molecular weight is 451 g/mol. The number of halogens is 1. The van der Waals surface area contributed by atoms with Gasteiger partial charge in [-0.15, -0.1) is 0 Å². The predicted molar refractivity (Wildman–Crippen MR) is 125 cm³/mol. The highest BCUT2D eigenvalue weighted by atomic mass is 35.5.